The van der Waals surface area contributed by atoms with Gasteiger partial charge in [-0.25, -0.2) is 9.97 Å². The van der Waals surface area contributed by atoms with Crippen molar-refractivity contribution in [1.82, 2.24) is 24.7 Å². The number of pyridine rings is 2. The number of hydrogen-bond acceptors (Lipinski definition) is 6. The van der Waals surface area contributed by atoms with Gasteiger partial charge in [0.05, 0.1) is 26.0 Å². The molecule has 1 aromatic carbocycles. The van der Waals surface area contributed by atoms with Gasteiger partial charge in [-0.05, 0) is 55.8 Å². The largest absolute Gasteiger partial charge is 0.493 e. The number of carbonyl (C=O) groups excluding carboxylic acids is 1. The van der Waals surface area contributed by atoms with Crippen molar-refractivity contribution < 1.29 is 14.3 Å². The van der Waals surface area contributed by atoms with Gasteiger partial charge in [0.1, 0.15) is 22.9 Å². The Hall–Kier alpha value is -5.10. The normalized spacial score (nSPS) is 12.3. The standard InChI is InChI=1S/C29H26N6O3/c1-17-15-35-16-20(6-8-27(35)33-17)22-10-24-23(14-32-28(24)31-13-22)9-21(12-30)29(36)34-18(2)19-5-7-25(37-3)26(11-19)38-4/h5-11,13-16,18H,1-4H3,(H,31,32)(H,34,36)/b21-9+/t18-/m1/s1. The van der Waals surface area contributed by atoms with Gasteiger partial charge in [0.25, 0.3) is 5.91 Å². The quantitative estimate of drug-likeness (QED) is 0.237. The molecule has 1 atom stereocenters. The van der Waals surface area contributed by atoms with E-state index in [2.05, 4.69) is 20.3 Å². The number of ether oxygens (including phenoxy) is 2. The summed E-state index contributed by atoms with van der Waals surface area (Å²) >= 11 is 0. The maximum atomic E-state index is 13.0. The Bertz CT molecular complexity index is 1740. The molecule has 0 radical (unpaired) electrons. The molecule has 0 aliphatic heterocycles. The van der Waals surface area contributed by atoms with Gasteiger partial charge in [0.15, 0.2) is 11.5 Å². The fourth-order valence-corrected chi connectivity index (χ4v) is 4.37. The second-order valence-electron chi connectivity index (χ2n) is 8.91. The van der Waals surface area contributed by atoms with Crippen molar-refractivity contribution in [2.24, 2.45) is 0 Å². The van der Waals surface area contributed by atoms with Gasteiger partial charge >= 0.3 is 0 Å². The topological polar surface area (TPSA) is 117 Å². The minimum Gasteiger partial charge on any atom is -0.493 e. The number of aryl methyl sites for hydroxylation is 1. The molecule has 0 fully saturated rings. The highest BCUT2D eigenvalue weighted by molar-refractivity contribution is 6.04. The summed E-state index contributed by atoms with van der Waals surface area (Å²) in [4.78, 5) is 25.2. The van der Waals surface area contributed by atoms with Crippen molar-refractivity contribution in [2.45, 2.75) is 19.9 Å². The number of fused-ring (bicyclic) bond motifs is 2. The third-order valence-corrected chi connectivity index (χ3v) is 6.39. The zero-order valence-electron chi connectivity index (χ0n) is 21.4. The first-order valence-corrected chi connectivity index (χ1v) is 12.0. The lowest BCUT2D eigenvalue weighted by Crippen LogP contribution is -2.27. The number of nitriles is 1. The zero-order valence-corrected chi connectivity index (χ0v) is 21.4. The number of aromatic amines is 1. The predicted molar refractivity (Wildman–Crippen MR) is 145 cm³/mol. The van der Waals surface area contributed by atoms with E-state index in [-0.39, 0.29) is 11.6 Å². The van der Waals surface area contributed by atoms with Gasteiger partial charge < -0.3 is 24.2 Å². The number of nitrogens with zero attached hydrogens (tertiary/aromatic N) is 4. The third-order valence-electron chi connectivity index (χ3n) is 6.39. The van der Waals surface area contributed by atoms with E-state index in [1.165, 1.54) is 0 Å². The van der Waals surface area contributed by atoms with Crippen LogP contribution in [0.4, 0.5) is 0 Å². The summed E-state index contributed by atoms with van der Waals surface area (Å²) in [5.41, 5.74) is 5.86. The summed E-state index contributed by atoms with van der Waals surface area (Å²) in [7, 11) is 3.12. The van der Waals surface area contributed by atoms with Crippen LogP contribution in [0.15, 0.2) is 66.8 Å². The summed E-state index contributed by atoms with van der Waals surface area (Å²) < 4.78 is 12.6. The molecule has 4 heterocycles. The molecular weight excluding hydrogens is 480 g/mol. The predicted octanol–water partition coefficient (Wildman–Crippen LogP) is 4.99. The number of amides is 1. The van der Waals surface area contributed by atoms with Crippen LogP contribution in [-0.2, 0) is 4.79 Å². The minimum absolute atomic E-state index is 0.0149. The Morgan fingerprint density at radius 1 is 1.13 bits per heavy atom. The zero-order chi connectivity index (χ0) is 26.8. The molecule has 38 heavy (non-hydrogen) atoms. The van der Waals surface area contributed by atoms with Crippen molar-refractivity contribution in [3.05, 3.63) is 83.6 Å². The number of methoxy groups -OCH3 is 2. The van der Waals surface area contributed by atoms with Crippen LogP contribution >= 0.6 is 0 Å². The minimum atomic E-state index is -0.478. The molecule has 0 unspecified atom stereocenters. The summed E-state index contributed by atoms with van der Waals surface area (Å²) in [5.74, 6) is 0.681. The smallest absolute Gasteiger partial charge is 0.262 e. The molecule has 0 saturated heterocycles. The SMILES string of the molecule is COc1ccc([C@@H](C)NC(=O)/C(C#N)=C/c2c[nH]c3ncc(-c4ccc5nc(C)cn5c4)cc23)cc1OC. The van der Waals surface area contributed by atoms with Gasteiger partial charge in [-0.15, -0.1) is 0 Å². The van der Waals surface area contributed by atoms with E-state index >= 15 is 0 Å². The molecule has 0 saturated carbocycles. The van der Waals surface area contributed by atoms with Crippen molar-refractivity contribution in [2.75, 3.05) is 14.2 Å². The second-order valence-corrected chi connectivity index (χ2v) is 8.91. The maximum absolute atomic E-state index is 13.0. The second kappa shape index (κ2) is 10.1. The molecule has 0 bridgehead atoms. The van der Waals surface area contributed by atoms with Gasteiger partial charge in [-0.1, -0.05) is 6.07 Å². The van der Waals surface area contributed by atoms with Crippen LogP contribution in [0.25, 0.3) is 33.9 Å². The van der Waals surface area contributed by atoms with Crippen LogP contribution in [0.3, 0.4) is 0 Å². The van der Waals surface area contributed by atoms with E-state index in [0.29, 0.717) is 22.7 Å². The van der Waals surface area contributed by atoms with Crippen molar-refractivity contribution in [3.8, 4) is 28.7 Å². The first-order chi connectivity index (χ1) is 18.4. The number of H-pyrrole nitrogens is 1. The van der Waals surface area contributed by atoms with E-state index in [1.54, 1.807) is 44.8 Å². The number of benzene rings is 1. The first kappa shape index (κ1) is 24.6. The van der Waals surface area contributed by atoms with E-state index in [1.807, 2.05) is 61.0 Å². The van der Waals surface area contributed by atoms with E-state index < -0.39 is 5.91 Å². The van der Waals surface area contributed by atoms with Crippen molar-refractivity contribution in [3.63, 3.8) is 0 Å². The van der Waals surface area contributed by atoms with Gasteiger partial charge in [0, 0.05) is 46.9 Å². The number of aromatic nitrogens is 4. The van der Waals surface area contributed by atoms with Gasteiger partial charge in [-0.3, -0.25) is 4.79 Å². The van der Waals surface area contributed by atoms with E-state index in [0.717, 1.165) is 33.4 Å². The lowest BCUT2D eigenvalue weighted by Gasteiger charge is -2.16. The first-order valence-electron chi connectivity index (χ1n) is 12.0. The van der Waals surface area contributed by atoms with Gasteiger partial charge in [-0.2, -0.15) is 5.26 Å². The molecule has 5 rings (SSSR count). The molecule has 2 N–H and O–H groups in total. The van der Waals surface area contributed by atoms with Crippen LogP contribution < -0.4 is 14.8 Å². The number of rotatable bonds is 7. The average Bonchev–Trinajstić information content (AvgIpc) is 3.52. The maximum Gasteiger partial charge on any atom is 0.262 e. The number of carbonyl (C=O) groups is 1. The van der Waals surface area contributed by atoms with Gasteiger partial charge in [0.2, 0.25) is 0 Å². The summed E-state index contributed by atoms with van der Waals surface area (Å²) in [6.45, 7) is 3.80. The molecule has 190 valence electrons. The Morgan fingerprint density at radius 2 is 1.95 bits per heavy atom. The summed E-state index contributed by atoms with van der Waals surface area (Å²) in [6.07, 6.45) is 9.08. The molecule has 9 nitrogen and oxygen atoms in total. The number of imidazole rings is 1. The van der Waals surface area contributed by atoms with E-state index in [4.69, 9.17) is 9.47 Å². The fourth-order valence-electron chi connectivity index (χ4n) is 4.37. The highest BCUT2D eigenvalue weighted by Gasteiger charge is 2.17. The van der Waals surface area contributed by atoms with Crippen LogP contribution in [-0.4, -0.2) is 39.5 Å². The molecule has 9 heteroatoms. The molecule has 1 amide bonds. The molecule has 0 spiro atoms. The Labute approximate surface area is 219 Å². The Balaban J connectivity index is 1.42. The van der Waals surface area contributed by atoms with Crippen LogP contribution in [0.5, 0.6) is 11.5 Å². The van der Waals surface area contributed by atoms with Crippen LogP contribution in [0.1, 0.15) is 29.8 Å². The average molecular weight is 507 g/mol. The number of hydrogen-bond donors (Lipinski definition) is 2. The Kier molecular flexibility index (Phi) is 6.54. The van der Waals surface area contributed by atoms with Crippen molar-refractivity contribution in [1.29, 1.82) is 5.26 Å². The molecule has 4 aromatic heterocycles. The van der Waals surface area contributed by atoms with Crippen LogP contribution in [0, 0.1) is 18.3 Å². The summed E-state index contributed by atoms with van der Waals surface area (Å²) in [5, 5.41) is 13.5. The molecule has 0 aliphatic rings. The number of nitrogens with one attached hydrogen (secondary N) is 2. The highest BCUT2D eigenvalue weighted by Crippen LogP contribution is 2.30. The Morgan fingerprint density at radius 3 is 2.71 bits per heavy atom. The van der Waals surface area contributed by atoms with Crippen LogP contribution in [0.2, 0.25) is 0 Å². The molecular formula is C29H26N6O3. The monoisotopic (exact) mass is 506 g/mol. The fraction of sp³-hybridized carbons (Fsp3) is 0.172. The third kappa shape index (κ3) is 4.67. The molecule has 0 aliphatic carbocycles. The lowest BCUT2D eigenvalue weighted by molar-refractivity contribution is -0.117. The lowest BCUT2D eigenvalue weighted by atomic mass is 10.1. The molecule has 5 aromatic rings. The highest BCUT2D eigenvalue weighted by atomic mass is 16.5. The summed E-state index contributed by atoms with van der Waals surface area (Å²) in [6, 6.07) is 13.0. The van der Waals surface area contributed by atoms with Crippen molar-refractivity contribution >= 4 is 28.7 Å². The van der Waals surface area contributed by atoms with E-state index in [9.17, 15) is 10.1 Å².